The molecule has 3 aromatic rings. The number of amides is 2. The Labute approximate surface area is 246 Å². The van der Waals surface area contributed by atoms with Gasteiger partial charge >= 0.3 is 0 Å². The quantitative estimate of drug-likeness (QED) is 0.313. The first-order chi connectivity index (χ1) is 19.9. The van der Waals surface area contributed by atoms with Crippen molar-refractivity contribution in [3.8, 4) is 0 Å². The molecular weight excluding hydrogens is 537 g/mol. The van der Waals surface area contributed by atoms with Crippen LogP contribution in [-0.4, -0.2) is 28.8 Å². The second-order valence-electron chi connectivity index (χ2n) is 11.9. The number of benzene rings is 3. The molecule has 1 saturated heterocycles. The van der Waals surface area contributed by atoms with Crippen LogP contribution < -0.4 is 10.6 Å². The summed E-state index contributed by atoms with van der Waals surface area (Å²) in [7, 11) is 0. The minimum absolute atomic E-state index is 0.0435. The molecule has 0 spiro atoms. The standard InChI is InChI=1S/C34H37ClFN3O2/c1-21-7-4-13-29(36)31(21)34(41)39-30-14-5-8-23(30)19-28(33(40)38-27-12-6-9-24(35)20-27)32(39)22-15-17-26(18-16-22)37-25-10-2-3-11-25/h4,6-7,9,12-13,15-18,20,23,25,28,30,32,37H,2-3,5,8,10-11,14,19H2,1H3,(H,38,40)/t23-,28?,30-,32?/m0/s1. The summed E-state index contributed by atoms with van der Waals surface area (Å²) in [6.45, 7) is 1.77. The fraction of sp³-hybridized carbons (Fsp3) is 0.412. The number of anilines is 2. The summed E-state index contributed by atoms with van der Waals surface area (Å²) in [4.78, 5) is 30.2. The van der Waals surface area contributed by atoms with Crippen molar-refractivity contribution in [3.05, 3.63) is 94.3 Å². The van der Waals surface area contributed by atoms with Gasteiger partial charge in [0.1, 0.15) is 5.82 Å². The van der Waals surface area contributed by atoms with Gasteiger partial charge in [0.2, 0.25) is 5.91 Å². The van der Waals surface area contributed by atoms with E-state index in [1.165, 1.54) is 31.7 Å². The molecule has 5 nitrogen and oxygen atoms in total. The number of halogens is 2. The number of aryl methyl sites for hydroxylation is 1. The smallest absolute Gasteiger partial charge is 0.257 e. The largest absolute Gasteiger partial charge is 0.382 e. The molecule has 7 heteroatoms. The molecule has 6 rings (SSSR count). The molecule has 3 fully saturated rings. The van der Waals surface area contributed by atoms with Crippen LogP contribution in [0.4, 0.5) is 15.8 Å². The normalized spacial score (nSPS) is 24.2. The van der Waals surface area contributed by atoms with Gasteiger partial charge in [-0.15, -0.1) is 0 Å². The first-order valence-corrected chi connectivity index (χ1v) is 15.3. The van der Waals surface area contributed by atoms with Gasteiger partial charge in [0, 0.05) is 28.5 Å². The fourth-order valence-electron chi connectivity index (χ4n) is 7.35. The Morgan fingerprint density at radius 3 is 2.39 bits per heavy atom. The van der Waals surface area contributed by atoms with E-state index in [2.05, 4.69) is 22.8 Å². The number of nitrogens with one attached hydrogen (secondary N) is 2. The van der Waals surface area contributed by atoms with E-state index in [1.807, 2.05) is 23.1 Å². The third kappa shape index (κ3) is 5.72. The zero-order chi connectivity index (χ0) is 28.5. The molecule has 0 radical (unpaired) electrons. The number of carbonyl (C=O) groups excluding carboxylic acids is 2. The lowest BCUT2D eigenvalue weighted by Gasteiger charge is -2.48. The van der Waals surface area contributed by atoms with Crippen molar-refractivity contribution in [1.82, 2.24) is 4.90 Å². The highest BCUT2D eigenvalue weighted by molar-refractivity contribution is 6.30. The molecule has 2 saturated carbocycles. The summed E-state index contributed by atoms with van der Waals surface area (Å²) in [5, 5.41) is 7.24. The monoisotopic (exact) mass is 573 g/mol. The van der Waals surface area contributed by atoms with Gasteiger partial charge < -0.3 is 15.5 Å². The number of piperidine rings is 1. The van der Waals surface area contributed by atoms with E-state index < -0.39 is 17.8 Å². The summed E-state index contributed by atoms with van der Waals surface area (Å²) >= 11 is 6.20. The van der Waals surface area contributed by atoms with Crippen molar-refractivity contribution >= 4 is 34.8 Å². The topological polar surface area (TPSA) is 61.4 Å². The molecule has 2 unspecified atom stereocenters. The van der Waals surface area contributed by atoms with Gasteiger partial charge in [-0.25, -0.2) is 4.39 Å². The van der Waals surface area contributed by atoms with Gasteiger partial charge in [-0.05, 0) is 92.5 Å². The Bertz CT molecular complexity index is 1400. The van der Waals surface area contributed by atoms with Crippen molar-refractivity contribution in [2.45, 2.75) is 76.4 Å². The summed E-state index contributed by atoms with van der Waals surface area (Å²) < 4.78 is 15.2. The van der Waals surface area contributed by atoms with E-state index in [0.717, 1.165) is 30.5 Å². The molecule has 0 bridgehead atoms. The van der Waals surface area contributed by atoms with E-state index in [4.69, 9.17) is 11.6 Å². The van der Waals surface area contributed by atoms with E-state index in [1.54, 1.807) is 37.3 Å². The zero-order valence-corrected chi connectivity index (χ0v) is 24.2. The van der Waals surface area contributed by atoms with Crippen molar-refractivity contribution < 1.29 is 14.0 Å². The summed E-state index contributed by atoms with van der Waals surface area (Å²) in [5.74, 6) is -1.33. The Kier molecular flexibility index (Phi) is 8.03. The minimum Gasteiger partial charge on any atom is -0.382 e. The molecule has 2 amide bonds. The van der Waals surface area contributed by atoms with Gasteiger partial charge in [-0.2, -0.15) is 0 Å². The highest BCUT2D eigenvalue weighted by atomic mass is 35.5. The number of rotatable bonds is 6. The Morgan fingerprint density at radius 2 is 1.66 bits per heavy atom. The number of likely N-dealkylation sites (tertiary alicyclic amines) is 1. The van der Waals surface area contributed by atoms with Crippen LogP contribution in [0.15, 0.2) is 66.7 Å². The van der Waals surface area contributed by atoms with Crippen LogP contribution in [0.25, 0.3) is 0 Å². The highest BCUT2D eigenvalue weighted by Gasteiger charge is 2.50. The molecule has 1 aliphatic heterocycles. The van der Waals surface area contributed by atoms with Gasteiger partial charge in [-0.3, -0.25) is 9.59 Å². The van der Waals surface area contributed by atoms with Gasteiger partial charge in [0.15, 0.2) is 0 Å². The Hall–Kier alpha value is -3.38. The lowest BCUT2D eigenvalue weighted by atomic mass is 9.76. The summed E-state index contributed by atoms with van der Waals surface area (Å²) in [5.41, 5.74) is 3.25. The lowest BCUT2D eigenvalue weighted by Crippen LogP contribution is -2.54. The van der Waals surface area contributed by atoms with Crippen LogP contribution in [0.2, 0.25) is 5.02 Å². The van der Waals surface area contributed by atoms with Crippen LogP contribution in [0.1, 0.15) is 78.9 Å². The van der Waals surface area contributed by atoms with Crippen LogP contribution in [0, 0.1) is 24.6 Å². The van der Waals surface area contributed by atoms with Crippen LogP contribution in [0.3, 0.4) is 0 Å². The van der Waals surface area contributed by atoms with E-state index in [9.17, 15) is 9.59 Å². The molecule has 3 aromatic carbocycles. The molecule has 3 aliphatic rings. The van der Waals surface area contributed by atoms with E-state index >= 15 is 4.39 Å². The maximum atomic E-state index is 15.2. The van der Waals surface area contributed by atoms with Gasteiger partial charge in [-0.1, -0.05) is 61.2 Å². The van der Waals surface area contributed by atoms with Gasteiger partial charge in [0.05, 0.1) is 17.5 Å². The van der Waals surface area contributed by atoms with Crippen molar-refractivity contribution in [1.29, 1.82) is 0 Å². The number of carbonyl (C=O) groups is 2. The number of hydrogen-bond donors (Lipinski definition) is 2. The average molecular weight is 574 g/mol. The second kappa shape index (κ2) is 11.8. The lowest BCUT2D eigenvalue weighted by molar-refractivity contribution is -0.125. The Morgan fingerprint density at radius 1 is 0.902 bits per heavy atom. The molecule has 214 valence electrons. The van der Waals surface area contributed by atoms with Crippen molar-refractivity contribution in [2.24, 2.45) is 11.8 Å². The van der Waals surface area contributed by atoms with Crippen LogP contribution in [0.5, 0.6) is 0 Å². The fourth-order valence-corrected chi connectivity index (χ4v) is 7.54. The SMILES string of the molecule is Cc1cccc(F)c1C(=O)N1C(c2ccc(NC3CCCC3)cc2)C(C(=O)Nc2cccc(Cl)c2)C[C@@H]2CCC[C@@H]21. The molecular formula is C34H37ClFN3O2. The molecule has 2 aliphatic carbocycles. The van der Waals surface area contributed by atoms with E-state index in [0.29, 0.717) is 28.7 Å². The van der Waals surface area contributed by atoms with Crippen molar-refractivity contribution in [2.75, 3.05) is 10.6 Å². The predicted molar refractivity (Wildman–Crippen MR) is 162 cm³/mol. The van der Waals surface area contributed by atoms with Crippen LogP contribution >= 0.6 is 11.6 Å². The Balaban J connectivity index is 1.40. The number of hydrogen-bond acceptors (Lipinski definition) is 3. The molecule has 1 heterocycles. The maximum Gasteiger partial charge on any atom is 0.257 e. The molecule has 0 aromatic heterocycles. The highest BCUT2D eigenvalue weighted by Crippen LogP contribution is 2.49. The van der Waals surface area contributed by atoms with Crippen LogP contribution in [-0.2, 0) is 4.79 Å². The summed E-state index contributed by atoms with van der Waals surface area (Å²) in [6.07, 6.45) is 8.28. The molecule has 2 N–H and O–H groups in total. The molecule has 4 atom stereocenters. The number of nitrogens with zero attached hydrogens (tertiary/aromatic N) is 1. The second-order valence-corrected chi connectivity index (χ2v) is 12.4. The average Bonchev–Trinajstić information content (AvgIpc) is 3.64. The van der Waals surface area contributed by atoms with E-state index in [-0.39, 0.29) is 29.3 Å². The number of fused-ring (bicyclic) bond motifs is 1. The summed E-state index contributed by atoms with van der Waals surface area (Å²) in [6, 6.07) is 19.9. The third-order valence-corrected chi connectivity index (χ3v) is 9.53. The van der Waals surface area contributed by atoms with Crippen molar-refractivity contribution in [3.63, 3.8) is 0 Å². The zero-order valence-electron chi connectivity index (χ0n) is 23.4. The third-order valence-electron chi connectivity index (χ3n) is 9.29. The first-order valence-electron chi connectivity index (χ1n) is 14.9. The minimum atomic E-state index is -0.527. The van der Waals surface area contributed by atoms with Gasteiger partial charge in [0.25, 0.3) is 5.91 Å². The molecule has 41 heavy (non-hydrogen) atoms. The predicted octanol–water partition coefficient (Wildman–Crippen LogP) is 8.15. The first kappa shape index (κ1) is 27.8. The maximum absolute atomic E-state index is 15.2.